The molecule has 3 N–H and O–H groups in total. The minimum absolute atomic E-state index is 0.0440. The molecule has 1 fully saturated rings. The minimum atomic E-state index is -0.481. The van der Waals surface area contributed by atoms with Crippen LogP contribution in [0, 0.1) is 0 Å². The standard InChI is InChI=1S/C13H18N2O3S/c16-9-13(5-1-2-6-13)15-11(17)8-14-12(18)10-4-3-7-19-10/h3-4,7,16H,1-2,5-6,8-9H2,(H,14,18)(H,15,17). The van der Waals surface area contributed by atoms with Crippen LogP contribution in [0.1, 0.15) is 35.4 Å². The van der Waals surface area contributed by atoms with Crippen LogP contribution in [-0.4, -0.2) is 35.6 Å². The van der Waals surface area contributed by atoms with E-state index in [1.165, 1.54) is 11.3 Å². The highest BCUT2D eigenvalue weighted by Crippen LogP contribution is 2.28. The summed E-state index contributed by atoms with van der Waals surface area (Å²) in [7, 11) is 0. The Hall–Kier alpha value is -1.40. The second kappa shape index (κ2) is 6.16. The molecule has 19 heavy (non-hydrogen) atoms. The van der Waals surface area contributed by atoms with Gasteiger partial charge in [0.1, 0.15) is 0 Å². The van der Waals surface area contributed by atoms with E-state index in [0.29, 0.717) is 4.88 Å². The smallest absolute Gasteiger partial charge is 0.261 e. The third kappa shape index (κ3) is 3.54. The summed E-state index contributed by atoms with van der Waals surface area (Å²) < 4.78 is 0. The van der Waals surface area contributed by atoms with Crippen LogP contribution in [0.2, 0.25) is 0 Å². The molecule has 2 rings (SSSR count). The highest BCUT2D eigenvalue weighted by molar-refractivity contribution is 7.12. The van der Waals surface area contributed by atoms with Crippen molar-refractivity contribution in [2.45, 2.75) is 31.2 Å². The molecule has 1 saturated carbocycles. The van der Waals surface area contributed by atoms with Gasteiger partial charge in [0.05, 0.1) is 23.6 Å². The summed E-state index contributed by atoms with van der Waals surface area (Å²) in [5.74, 6) is -0.490. The Labute approximate surface area is 116 Å². The minimum Gasteiger partial charge on any atom is -0.394 e. The topological polar surface area (TPSA) is 78.4 Å². The lowest BCUT2D eigenvalue weighted by atomic mass is 9.99. The first-order valence-corrected chi connectivity index (χ1v) is 7.27. The van der Waals surface area contributed by atoms with Crippen LogP contribution in [0.3, 0.4) is 0 Å². The fourth-order valence-corrected chi connectivity index (χ4v) is 3.01. The summed E-state index contributed by atoms with van der Waals surface area (Å²) >= 11 is 1.34. The number of hydrogen-bond donors (Lipinski definition) is 3. The molecule has 0 aliphatic heterocycles. The largest absolute Gasteiger partial charge is 0.394 e. The third-order valence-electron chi connectivity index (χ3n) is 3.42. The molecule has 104 valence electrons. The highest BCUT2D eigenvalue weighted by Gasteiger charge is 2.34. The van der Waals surface area contributed by atoms with Gasteiger partial charge in [0.2, 0.25) is 5.91 Å². The van der Waals surface area contributed by atoms with Crippen molar-refractivity contribution in [1.29, 1.82) is 0 Å². The maximum absolute atomic E-state index is 11.8. The lowest BCUT2D eigenvalue weighted by Crippen LogP contribution is -2.52. The first-order chi connectivity index (χ1) is 9.15. The van der Waals surface area contributed by atoms with Gasteiger partial charge in [0.25, 0.3) is 5.91 Å². The Morgan fingerprint density at radius 1 is 1.37 bits per heavy atom. The zero-order chi connectivity index (χ0) is 13.7. The molecule has 1 aliphatic rings. The summed E-state index contributed by atoms with van der Waals surface area (Å²) in [4.78, 5) is 24.1. The van der Waals surface area contributed by atoms with Gasteiger partial charge in [0, 0.05) is 0 Å². The van der Waals surface area contributed by atoms with Crippen molar-refractivity contribution < 1.29 is 14.7 Å². The summed E-state index contributed by atoms with van der Waals surface area (Å²) in [6.07, 6.45) is 3.63. The van der Waals surface area contributed by atoms with Crippen molar-refractivity contribution in [3.05, 3.63) is 22.4 Å². The zero-order valence-electron chi connectivity index (χ0n) is 10.6. The fourth-order valence-electron chi connectivity index (χ4n) is 2.37. The van der Waals surface area contributed by atoms with Gasteiger partial charge in [-0.05, 0) is 24.3 Å². The maximum atomic E-state index is 11.8. The van der Waals surface area contributed by atoms with E-state index >= 15 is 0 Å². The van der Waals surface area contributed by atoms with Crippen LogP contribution in [0.5, 0.6) is 0 Å². The molecule has 0 bridgehead atoms. The molecule has 1 aromatic heterocycles. The average Bonchev–Trinajstić information content (AvgIpc) is 3.07. The van der Waals surface area contributed by atoms with E-state index in [4.69, 9.17) is 0 Å². The Balaban J connectivity index is 1.80. The second-order valence-corrected chi connectivity index (χ2v) is 5.80. The Bertz CT molecular complexity index is 439. The molecule has 0 saturated heterocycles. The molecular weight excluding hydrogens is 264 g/mol. The van der Waals surface area contributed by atoms with E-state index in [1.807, 2.05) is 5.38 Å². The van der Waals surface area contributed by atoms with Gasteiger partial charge in [0.15, 0.2) is 0 Å². The van der Waals surface area contributed by atoms with Gasteiger partial charge in [-0.3, -0.25) is 9.59 Å². The lowest BCUT2D eigenvalue weighted by molar-refractivity contribution is -0.122. The van der Waals surface area contributed by atoms with E-state index in [9.17, 15) is 14.7 Å². The fraction of sp³-hybridized carbons (Fsp3) is 0.538. The Morgan fingerprint density at radius 2 is 2.11 bits per heavy atom. The Kier molecular flexibility index (Phi) is 4.55. The average molecular weight is 282 g/mol. The summed E-state index contributed by atoms with van der Waals surface area (Å²) in [6, 6.07) is 3.50. The summed E-state index contributed by atoms with van der Waals surface area (Å²) in [6.45, 7) is -0.101. The van der Waals surface area contributed by atoms with E-state index in [-0.39, 0.29) is 25.0 Å². The SMILES string of the molecule is O=C(CNC(=O)c1cccs1)NC1(CO)CCCC1. The van der Waals surface area contributed by atoms with Gasteiger partial charge in [-0.15, -0.1) is 11.3 Å². The summed E-state index contributed by atoms with van der Waals surface area (Å²) in [5.41, 5.74) is -0.481. The molecule has 6 heteroatoms. The van der Waals surface area contributed by atoms with Crippen molar-refractivity contribution in [1.82, 2.24) is 10.6 Å². The van der Waals surface area contributed by atoms with Crippen LogP contribution < -0.4 is 10.6 Å². The van der Waals surface area contributed by atoms with E-state index in [1.54, 1.807) is 12.1 Å². The van der Waals surface area contributed by atoms with Gasteiger partial charge in [-0.1, -0.05) is 18.9 Å². The predicted octanol–water partition coefficient (Wildman–Crippen LogP) is 0.899. The molecule has 0 atom stereocenters. The molecule has 1 heterocycles. The number of carbonyl (C=O) groups is 2. The normalized spacial score (nSPS) is 17.1. The molecule has 1 aliphatic carbocycles. The van der Waals surface area contributed by atoms with Gasteiger partial charge >= 0.3 is 0 Å². The number of rotatable bonds is 5. The van der Waals surface area contributed by atoms with Crippen molar-refractivity contribution in [3.63, 3.8) is 0 Å². The Morgan fingerprint density at radius 3 is 2.68 bits per heavy atom. The molecule has 0 spiro atoms. The van der Waals surface area contributed by atoms with Gasteiger partial charge in [-0.2, -0.15) is 0 Å². The molecular formula is C13H18N2O3S. The number of hydrogen-bond acceptors (Lipinski definition) is 4. The third-order valence-corrected chi connectivity index (χ3v) is 4.29. The maximum Gasteiger partial charge on any atom is 0.261 e. The van der Waals surface area contributed by atoms with Crippen LogP contribution in [0.15, 0.2) is 17.5 Å². The number of carbonyl (C=O) groups excluding carboxylic acids is 2. The van der Waals surface area contributed by atoms with Crippen LogP contribution in [-0.2, 0) is 4.79 Å². The van der Waals surface area contributed by atoms with E-state index < -0.39 is 5.54 Å². The van der Waals surface area contributed by atoms with E-state index in [2.05, 4.69) is 10.6 Å². The quantitative estimate of drug-likeness (QED) is 0.751. The molecule has 5 nitrogen and oxygen atoms in total. The molecule has 0 radical (unpaired) electrons. The van der Waals surface area contributed by atoms with Crippen molar-refractivity contribution >= 4 is 23.2 Å². The van der Waals surface area contributed by atoms with Crippen molar-refractivity contribution in [3.8, 4) is 0 Å². The van der Waals surface area contributed by atoms with Crippen LogP contribution in [0.25, 0.3) is 0 Å². The zero-order valence-corrected chi connectivity index (χ0v) is 11.5. The highest BCUT2D eigenvalue weighted by atomic mass is 32.1. The number of thiophene rings is 1. The van der Waals surface area contributed by atoms with Gasteiger partial charge < -0.3 is 15.7 Å². The first-order valence-electron chi connectivity index (χ1n) is 6.39. The molecule has 1 aromatic rings. The summed E-state index contributed by atoms with van der Waals surface area (Å²) in [5, 5.41) is 16.6. The number of aliphatic hydroxyl groups excluding tert-OH is 1. The van der Waals surface area contributed by atoms with Crippen molar-refractivity contribution in [2.24, 2.45) is 0 Å². The van der Waals surface area contributed by atoms with Crippen molar-refractivity contribution in [2.75, 3.05) is 13.2 Å². The second-order valence-electron chi connectivity index (χ2n) is 4.85. The monoisotopic (exact) mass is 282 g/mol. The number of aliphatic hydroxyl groups is 1. The molecule has 0 unspecified atom stereocenters. The van der Waals surface area contributed by atoms with E-state index in [0.717, 1.165) is 25.7 Å². The number of nitrogens with one attached hydrogen (secondary N) is 2. The number of amides is 2. The molecule has 2 amide bonds. The lowest BCUT2D eigenvalue weighted by Gasteiger charge is -2.27. The van der Waals surface area contributed by atoms with Gasteiger partial charge in [-0.25, -0.2) is 0 Å². The van der Waals surface area contributed by atoms with Crippen LogP contribution in [0.4, 0.5) is 0 Å². The predicted molar refractivity (Wildman–Crippen MR) is 73.1 cm³/mol. The van der Waals surface area contributed by atoms with Crippen LogP contribution >= 0.6 is 11.3 Å². The molecule has 0 aromatic carbocycles. The first kappa shape index (κ1) is 14.0.